The van der Waals surface area contributed by atoms with Crippen LogP contribution in [-0.2, 0) is 14.3 Å². The van der Waals surface area contributed by atoms with Gasteiger partial charge in [0.15, 0.2) is 17.7 Å². The number of aryl methyl sites for hydroxylation is 1. The van der Waals surface area contributed by atoms with Gasteiger partial charge in [0.1, 0.15) is 0 Å². The fourth-order valence-corrected chi connectivity index (χ4v) is 2.98. The van der Waals surface area contributed by atoms with Crippen LogP contribution in [0.2, 0.25) is 0 Å². The molecule has 0 aliphatic carbocycles. The molecule has 172 valence electrons. The van der Waals surface area contributed by atoms with Crippen molar-refractivity contribution < 1.29 is 33.8 Å². The Bertz CT molecular complexity index is 933. The van der Waals surface area contributed by atoms with Gasteiger partial charge >= 0.3 is 6.09 Å². The van der Waals surface area contributed by atoms with Gasteiger partial charge in [-0.05, 0) is 56.5 Å². The van der Waals surface area contributed by atoms with E-state index in [9.17, 15) is 19.1 Å². The predicted octanol–water partition coefficient (Wildman–Crippen LogP) is 4.38. The molecule has 32 heavy (non-hydrogen) atoms. The lowest BCUT2D eigenvalue weighted by Gasteiger charge is -2.27. The Hall–Kier alpha value is -3.43. The molecule has 0 unspecified atom stereocenters. The van der Waals surface area contributed by atoms with Gasteiger partial charge in [-0.25, -0.2) is 14.7 Å². The molecule has 2 atom stereocenters. The Morgan fingerprint density at radius 2 is 1.91 bits per heavy atom. The molecule has 0 aromatic heterocycles. The zero-order valence-corrected chi connectivity index (χ0v) is 17.9. The monoisotopic (exact) mass is 446 g/mol. The van der Waals surface area contributed by atoms with E-state index in [0.717, 1.165) is 17.7 Å². The van der Waals surface area contributed by atoms with Gasteiger partial charge in [0.2, 0.25) is 0 Å². The van der Waals surface area contributed by atoms with Crippen LogP contribution in [0.5, 0.6) is 5.75 Å². The normalized spacial score (nSPS) is 12.9. The minimum atomic E-state index is -0.990. The summed E-state index contributed by atoms with van der Waals surface area (Å²) in [6, 6.07) is 10.8. The molecule has 9 heteroatoms. The molecule has 2 amide bonds. The number of phenols is 1. The summed E-state index contributed by atoms with van der Waals surface area (Å²) in [5.41, 5.74) is 3.35. The molecule has 8 nitrogen and oxygen atoms in total. The number of hydroxylamine groups is 1. The van der Waals surface area contributed by atoms with Gasteiger partial charge < -0.3 is 14.6 Å². The number of phenolic OH excluding ortho intramolecular Hbond substituents is 1. The first-order valence-corrected chi connectivity index (χ1v) is 10.1. The zero-order chi connectivity index (χ0) is 23.5. The van der Waals surface area contributed by atoms with Crippen molar-refractivity contribution in [2.75, 3.05) is 11.9 Å². The van der Waals surface area contributed by atoms with E-state index in [1.165, 1.54) is 23.7 Å². The fraction of sp³-hybridized carbons (Fsp3) is 0.304. The number of benzene rings is 2. The second-order valence-corrected chi connectivity index (χ2v) is 6.98. The summed E-state index contributed by atoms with van der Waals surface area (Å²) in [4.78, 5) is 23.7. The summed E-state index contributed by atoms with van der Waals surface area (Å²) in [6.07, 6.45) is 0.950. The lowest BCUT2D eigenvalue weighted by atomic mass is 9.99. The average molecular weight is 446 g/mol. The quantitative estimate of drug-likeness (QED) is 0.245. The molecular formula is C23H27FN2O6. The highest BCUT2D eigenvalue weighted by molar-refractivity contribution is 5.86. The van der Waals surface area contributed by atoms with Crippen LogP contribution in [0.15, 0.2) is 54.6 Å². The largest absolute Gasteiger partial charge is 0.505 e. The maximum absolute atomic E-state index is 14.0. The van der Waals surface area contributed by atoms with E-state index in [0.29, 0.717) is 30.7 Å². The number of rotatable bonds is 10. The van der Waals surface area contributed by atoms with Crippen molar-refractivity contribution in [3.05, 3.63) is 71.6 Å². The first kappa shape index (κ1) is 24.8. The number of anilines is 1. The molecule has 0 aliphatic heterocycles. The molecule has 0 spiro atoms. The van der Waals surface area contributed by atoms with Crippen LogP contribution in [0.1, 0.15) is 37.0 Å². The van der Waals surface area contributed by atoms with E-state index in [4.69, 9.17) is 14.7 Å². The minimum absolute atomic E-state index is 0.297. The topological polar surface area (TPSA) is 117 Å². The van der Waals surface area contributed by atoms with E-state index in [-0.39, 0.29) is 0 Å². The number of carbonyl (C=O) groups excluding carboxylic acids is 2. The van der Waals surface area contributed by atoms with E-state index < -0.39 is 35.8 Å². The van der Waals surface area contributed by atoms with Crippen LogP contribution in [-0.4, -0.2) is 35.0 Å². The number of allylic oxidation sites excluding steroid dienone is 1. The number of aromatic hydroxyl groups is 1. The summed E-state index contributed by atoms with van der Waals surface area (Å²) >= 11 is 0. The maximum atomic E-state index is 14.0. The highest BCUT2D eigenvalue weighted by Crippen LogP contribution is 2.30. The van der Waals surface area contributed by atoms with Gasteiger partial charge in [-0.1, -0.05) is 29.8 Å². The smallest absolute Gasteiger partial charge is 0.412 e. The van der Waals surface area contributed by atoms with Crippen molar-refractivity contribution in [1.82, 2.24) is 5.48 Å². The number of hydrogen-bond acceptors (Lipinski definition) is 6. The van der Waals surface area contributed by atoms with Gasteiger partial charge in [-0.3, -0.25) is 15.3 Å². The lowest BCUT2D eigenvalue weighted by Crippen LogP contribution is -2.29. The Balaban J connectivity index is 2.22. The molecule has 2 rings (SSSR count). The van der Waals surface area contributed by atoms with Gasteiger partial charge in [0.25, 0.3) is 5.91 Å². The number of ether oxygens (including phenoxy) is 2. The van der Waals surface area contributed by atoms with Crippen LogP contribution < -0.4 is 10.8 Å². The number of amides is 2. The third kappa shape index (κ3) is 7.68. The van der Waals surface area contributed by atoms with Gasteiger partial charge in [-0.15, -0.1) is 0 Å². The molecule has 0 bridgehead atoms. The van der Waals surface area contributed by atoms with E-state index in [1.54, 1.807) is 19.1 Å². The van der Waals surface area contributed by atoms with E-state index in [1.807, 2.05) is 19.1 Å². The zero-order valence-electron chi connectivity index (χ0n) is 17.9. The third-order valence-corrected chi connectivity index (χ3v) is 4.55. The molecule has 0 saturated carbocycles. The minimum Gasteiger partial charge on any atom is -0.505 e. The van der Waals surface area contributed by atoms with Crippen molar-refractivity contribution in [1.29, 1.82) is 0 Å². The Kier molecular flexibility index (Phi) is 9.65. The first-order chi connectivity index (χ1) is 15.3. The fourth-order valence-electron chi connectivity index (χ4n) is 2.98. The van der Waals surface area contributed by atoms with Crippen LogP contribution in [0.25, 0.3) is 0 Å². The highest BCUT2D eigenvalue weighted by atomic mass is 19.1. The Morgan fingerprint density at radius 3 is 2.53 bits per heavy atom. The van der Waals surface area contributed by atoms with Crippen LogP contribution in [0.4, 0.5) is 14.9 Å². The SMILES string of the molecule is CCO[C@H](CC/C=C/C(=O)NO)[C@H](OC(=O)Nc1ccc(C)cc1)c1ccc(O)c(F)c1. The van der Waals surface area contributed by atoms with Crippen LogP contribution >= 0.6 is 0 Å². The number of nitrogens with one attached hydrogen (secondary N) is 2. The van der Waals surface area contributed by atoms with Crippen molar-refractivity contribution in [3.8, 4) is 5.75 Å². The van der Waals surface area contributed by atoms with Gasteiger partial charge in [-0.2, -0.15) is 0 Å². The second-order valence-electron chi connectivity index (χ2n) is 6.98. The standard InChI is InChI=1S/C23H27FN2O6/c1-3-31-20(6-4-5-7-21(28)26-30)22(16-10-13-19(27)18(24)14-16)32-23(29)25-17-11-8-15(2)9-12-17/h5,7-14,20,22,27,30H,3-4,6H2,1-2H3,(H,25,29)(H,26,28)/b7-5+/t20-,22-/m1/s1. The summed E-state index contributed by atoms with van der Waals surface area (Å²) in [5, 5.41) is 20.7. The average Bonchev–Trinajstić information content (AvgIpc) is 2.77. The molecule has 0 aliphatic rings. The van der Waals surface area contributed by atoms with E-state index >= 15 is 0 Å². The molecule has 2 aromatic carbocycles. The second kappa shape index (κ2) is 12.4. The van der Waals surface area contributed by atoms with Gasteiger partial charge in [0, 0.05) is 18.4 Å². The predicted molar refractivity (Wildman–Crippen MR) is 116 cm³/mol. The third-order valence-electron chi connectivity index (χ3n) is 4.55. The molecule has 2 aromatic rings. The molecule has 0 saturated heterocycles. The number of halogens is 1. The Labute approximate surface area is 185 Å². The van der Waals surface area contributed by atoms with Crippen LogP contribution in [0, 0.1) is 12.7 Å². The first-order valence-electron chi connectivity index (χ1n) is 10.1. The molecule has 0 radical (unpaired) electrons. The van der Waals surface area contributed by atoms with E-state index in [2.05, 4.69) is 5.32 Å². The van der Waals surface area contributed by atoms with Gasteiger partial charge in [0.05, 0.1) is 6.10 Å². The summed E-state index contributed by atoms with van der Waals surface area (Å²) < 4.78 is 25.4. The van der Waals surface area contributed by atoms with Crippen molar-refractivity contribution in [2.45, 2.75) is 38.9 Å². The van der Waals surface area contributed by atoms with Crippen LogP contribution in [0.3, 0.4) is 0 Å². The summed E-state index contributed by atoms with van der Waals surface area (Å²) in [5.74, 6) is -2.06. The van der Waals surface area contributed by atoms with Crippen molar-refractivity contribution >= 4 is 17.7 Å². The lowest BCUT2D eigenvalue weighted by molar-refractivity contribution is -0.124. The number of carbonyl (C=O) groups is 2. The van der Waals surface area contributed by atoms with Crippen molar-refractivity contribution in [2.24, 2.45) is 0 Å². The number of hydrogen-bond donors (Lipinski definition) is 4. The summed E-state index contributed by atoms with van der Waals surface area (Å²) in [7, 11) is 0. The highest BCUT2D eigenvalue weighted by Gasteiger charge is 2.28. The maximum Gasteiger partial charge on any atom is 0.412 e. The van der Waals surface area contributed by atoms with Crippen molar-refractivity contribution in [3.63, 3.8) is 0 Å². The molecule has 0 heterocycles. The molecule has 0 fully saturated rings. The molecular weight excluding hydrogens is 419 g/mol. The molecule has 4 N–H and O–H groups in total. The Morgan fingerprint density at radius 1 is 1.19 bits per heavy atom. The summed E-state index contributed by atoms with van der Waals surface area (Å²) in [6.45, 7) is 3.98.